The number of nitro groups is 1. The quantitative estimate of drug-likeness (QED) is 0.529. The highest BCUT2D eigenvalue weighted by atomic mass is 16.6. The van der Waals surface area contributed by atoms with Crippen molar-refractivity contribution in [3.8, 4) is 0 Å². The molecule has 0 saturated carbocycles. The van der Waals surface area contributed by atoms with Crippen LogP contribution in [0.3, 0.4) is 0 Å². The maximum Gasteiger partial charge on any atom is 0.278 e. The molecule has 24 heavy (non-hydrogen) atoms. The molecule has 2 aromatic heterocycles. The number of hydrogen-bond acceptors (Lipinski definition) is 4. The van der Waals surface area contributed by atoms with Crippen LogP contribution in [0.2, 0.25) is 0 Å². The van der Waals surface area contributed by atoms with Crippen molar-refractivity contribution < 1.29 is 9.72 Å². The summed E-state index contributed by atoms with van der Waals surface area (Å²) < 4.78 is 3.41. The maximum absolute atomic E-state index is 12.4. The molecule has 1 amide bonds. The minimum atomic E-state index is -0.414. The van der Waals surface area contributed by atoms with Crippen molar-refractivity contribution in [2.24, 2.45) is 7.05 Å². The van der Waals surface area contributed by atoms with Crippen LogP contribution in [0.25, 0.3) is 10.9 Å². The Labute approximate surface area is 138 Å². The summed E-state index contributed by atoms with van der Waals surface area (Å²) in [6, 6.07) is 6.53. The number of aromatic nitrogens is 3. The van der Waals surface area contributed by atoms with Crippen LogP contribution in [0.4, 0.5) is 5.69 Å². The van der Waals surface area contributed by atoms with Crippen LogP contribution in [0.5, 0.6) is 0 Å². The van der Waals surface area contributed by atoms with E-state index < -0.39 is 4.92 Å². The smallest absolute Gasteiger partial charge is 0.278 e. The van der Waals surface area contributed by atoms with Crippen LogP contribution in [0.15, 0.2) is 42.9 Å². The Morgan fingerprint density at radius 3 is 2.83 bits per heavy atom. The van der Waals surface area contributed by atoms with Crippen molar-refractivity contribution in [2.75, 3.05) is 7.05 Å². The Kier molecular flexibility index (Phi) is 4.03. The van der Waals surface area contributed by atoms with Crippen molar-refractivity contribution >= 4 is 22.5 Å². The number of amides is 1. The van der Waals surface area contributed by atoms with Gasteiger partial charge in [-0.25, -0.2) is 0 Å². The SMILES string of the molecule is CN(Cc1cnn(C)c1)C(=O)Cn1ccc2c([N+](=O)[O-])cccc21. The molecule has 0 bridgehead atoms. The predicted molar refractivity (Wildman–Crippen MR) is 88.3 cm³/mol. The summed E-state index contributed by atoms with van der Waals surface area (Å²) >= 11 is 0. The molecule has 8 nitrogen and oxygen atoms in total. The molecule has 0 aliphatic rings. The summed E-state index contributed by atoms with van der Waals surface area (Å²) in [6.07, 6.45) is 5.28. The number of nitrogens with zero attached hydrogens (tertiary/aromatic N) is 5. The van der Waals surface area contributed by atoms with E-state index in [1.165, 1.54) is 6.07 Å². The molecule has 0 aliphatic carbocycles. The Morgan fingerprint density at radius 2 is 2.17 bits per heavy atom. The number of benzene rings is 1. The third-order valence-electron chi connectivity index (χ3n) is 3.90. The van der Waals surface area contributed by atoms with E-state index in [1.807, 2.05) is 13.2 Å². The van der Waals surface area contributed by atoms with Gasteiger partial charge in [0.05, 0.1) is 22.0 Å². The lowest BCUT2D eigenvalue weighted by molar-refractivity contribution is -0.383. The number of carbonyl (C=O) groups is 1. The molecule has 0 atom stereocenters. The number of nitro benzene ring substituents is 1. The van der Waals surface area contributed by atoms with Crippen molar-refractivity contribution in [1.29, 1.82) is 0 Å². The summed E-state index contributed by atoms with van der Waals surface area (Å²) in [5.74, 6) is -0.0807. The molecule has 2 heterocycles. The van der Waals surface area contributed by atoms with Crippen molar-refractivity contribution in [1.82, 2.24) is 19.2 Å². The number of rotatable bonds is 5. The highest BCUT2D eigenvalue weighted by molar-refractivity contribution is 5.90. The molecule has 0 aliphatic heterocycles. The first kappa shape index (κ1) is 15.7. The van der Waals surface area contributed by atoms with Gasteiger partial charge in [0, 0.05) is 44.7 Å². The van der Waals surface area contributed by atoms with E-state index in [0.717, 1.165) is 5.56 Å². The van der Waals surface area contributed by atoms with Gasteiger partial charge in [-0.2, -0.15) is 5.10 Å². The zero-order chi connectivity index (χ0) is 17.3. The Morgan fingerprint density at radius 1 is 1.38 bits per heavy atom. The lowest BCUT2D eigenvalue weighted by Crippen LogP contribution is -2.29. The Bertz CT molecular complexity index is 911. The topological polar surface area (TPSA) is 86.2 Å². The molecular formula is C16H17N5O3. The fourth-order valence-corrected chi connectivity index (χ4v) is 2.69. The van der Waals surface area contributed by atoms with Gasteiger partial charge >= 0.3 is 0 Å². The minimum absolute atomic E-state index is 0.0439. The number of aryl methyl sites for hydroxylation is 1. The summed E-state index contributed by atoms with van der Waals surface area (Å²) in [5.41, 5.74) is 1.66. The highest BCUT2D eigenvalue weighted by Gasteiger charge is 2.16. The molecule has 124 valence electrons. The fraction of sp³-hybridized carbons (Fsp3) is 0.250. The zero-order valence-corrected chi connectivity index (χ0v) is 13.4. The van der Waals surface area contributed by atoms with Gasteiger partial charge in [-0.15, -0.1) is 0 Å². The van der Waals surface area contributed by atoms with Crippen LogP contribution < -0.4 is 0 Å². The molecule has 3 rings (SSSR count). The minimum Gasteiger partial charge on any atom is -0.340 e. The fourth-order valence-electron chi connectivity index (χ4n) is 2.69. The first-order valence-electron chi connectivity index (χ1n) is 7.39. The predicted octanol–water partition coefficient (Wildman–Crippen LogP) is 1.94. The number of hydrogen-bond donors (Lipinski definition) is 0. The normalized spacial score (nSPS) is 10.9. The molecule has 3 aromatic rings. The first-order valence-corrected chi connectivity index (χ1v) is 7.39. The largest absolute Gasteiger partial charge is 0.340 e. The summed E-state index contributed by atoms with van der Waals surface area (Å²) in [5, 5.41) is 15.7. The Balaban J connectivity index is 1.78. The average Bonchev–Trinajstić information content (AvgIpc) is 3.13. The second-order valence-corrected chi connectivity index (χ2v) is 5.68. The van der Waals surface area contributed by atoms with E-state index >= 15 is 0 Å². The molecular weight excluding hydrogens is 310 g/mol. The van der Waals surface area contributed by atoms with Gasteiger partial charge in [-0.3, -0.25) is 19.6 Å². The van der Waals surface area contributed by atoms with Gasteiger partial charge in [0.25, 0.3) is 5.69 Å². The average molecular weight is 327 g/mol. The maximum atomic E-state index is 12.4. The van der Waals surface area contributed by atoms with E-state index in [2.05, 4.69) is 5.10 Å². The summed E-state index contributed by atoms with van der Waals surface area (Å²) in [7, 11) is 3.55. The zero-order valence-electron chi connectivity index (χ0n) is 13.4. The lowest BCUT2D eigenvalue weighted by atomic mass is 10.2. The van der Waals surface area contributed by atoms with E-state index in [1.54, 1.807) is 51.8 Å². The van der Waals surface area contributed by atoms with Crippen LogP contribution in [0, 0.1) is 10.1 Å². The second kappa shape index (κ2) is 6.15. The first-order chi connectivity index (χ1) is 11.5. The molecule has 0 fully saturated rings. The molecule has 8 heteroatoms. The van der Waals surface area contributed by atoms with Crippen LogP contribution >= 0.6 is 0 Å². The molecule has 0 spiro atoms. The molecule has 1 aromatic carbocycles. The van der Waals surface area contributed by atoms with Crippen molar-refractivity contribution in [2.45, 2.75) is 13.1 Å². The van der Waals surface area contributed by atoms with Gasteiger partial charge in [0.1, 0.15) is 6.54 Å². The molecule has 0 N–H and O–H groups in total. The summed E-state index contributed by atoms with van der Waals surface area (Å²) in [4.78, 5) is 24.7. The van der Waals surface area contributed by atoms with Crippen molar-refractivity contribution in [3.63, 3.8) is 0 Å². The third-order valence-corrected chi connectivity index (χ3v) is 3.90. The van der Waals surface area contributed by atoms with E-state index in [0.29, 0.717) is 17.4 Å². The van der Waals surface area contributed by atoms with Gasteiger partial charge in [0.2, 0.25) is 5.91 Å². The third kappa shape index (κ3) is 2.98. The van der Waals surface area contributed by atoms with E-state index in [-0.39, 0.29) is 18.1 Å². The van der Waals surface area contributed by atoms with E-state index in [4.69, 9.17) is 0 Å². The highest BCUT2D eigenvalue weighted by Crippen LogP contribution is 2.26. The number of likely N-dealkylation sites (N-methyl/N-ethyl adjacent to an activating group) is 1. The van der Waals surface area contributed by atoms with Crippen LogP contribution in [0.1, 0.15) is 5.56 Å². The standard InChI is InChI=1S/C16H17N5O3/c1-18(9-12-8-17-19(2)10-12)16(22)11-20-7-6-13-14(20)4-3-5-15(13)21(23)24/h3-8,10H,9,11H2,1-2H3. The monoisotopic (exact) mass is 327 g/mol. The number of non-ortho nitro benzene ring substituents is 1. The van der Waals surface area contributed by atoms with Crippen LogP contribution in [-0.4, -0.2) is 37.1 Å². The van der Waals surface area contributed by atoms with Gasteiger partial charge < -0.3 is 9.47 Å². The Hall–Kier alpha value is -3.16. The van der Waals surface area contributed by atoms with Crippen molar-refractivity contribution in [3.05, 3.63) is 58.5 Å². The van der Waals surface area contributed by atoms with Gasteiger partial charge in [-0.05, 0) is 12.1 Å². The molecule has 0 saturated heterocycles. The van der Waals surface area contributed by atoms with E-state index in [9.17, 15) is 14.9 Å². The summed E-state index contributed by atoms with van der Waals surface area (Å²) in [6.45, 7) is 0.591. The van der Waals surface area contributed by atoms with Gasteiger partial charge in [-0.1, -0.05) is 6.07 Å². The second-order valence-electron chi connectivity index (χ2n) is 5.68. The lowest BCUT2D eigenvalue weighted by Gasteiger charge is -2.17. The van der Waals surface area contributed by atoms with Crippen LogP contribution in [-0.2, 0) is 24.9 Å². The molecule has 0 unspecified atom stereocenters. The molecule has 0 radical (unpaired) electrons. The number of fused-ring (bicyclic) bond motifs is 1. The van der Waals surface area contributed by atoms with Gasteiger partial charge in [0.15, 0.2) is 0 Å². The number of carbonyl (C=O) groups excluding carboxylic acids is 1.